The standard InChI is InChI=1S/C32H37NO7S/c1-38-27-7-5-6-8-29(27)41-21-26-19-28(23-13-11-22(20-34)12-14-23)40-32(39-26)24-15-17-25(18-16-24)33-30(35)9-3-2-4-10-31(36)37/h5-8,11-18,26,28,32,34H,2-4,9-10,19-21H2,1H3,(H,33,35)(H,36,37)/t26-,28+,32+/m0/s1. The molecule has 0 aromatic heterocycles. The van der Waals surface area contributed by atoms with Crippen molar-refractivity contribution in [2.75, 3.05) is 18.2 Å². The number of methoxy groups -OCH3 is 1. The highest BCUT2D eigenvalue weighted by Gasteiger charge is 2.32. The first-order chi connectivity index (χ1) is 19.9. The van der Waals surface area contributed by atoms with Crippen LogP contribution in [0.4, 0.5) is 5.69 Å². The van der Waals surface area contributed by atoms with Gasteiger partial charge in [-0.15, -0.1) is 11.8 Å². The molecule has 0 radical (unpaired) electrons. The first-order valence-corrected chi connectivity index (χ1v) is 14.8. The fraction of sp³-hybridized carbons (Fsp3) is 0.375. The molecule has 3 aromatic rings. The molecule has 0 spiro atoms. The van der Waals surface area contributed by atoms with Gasteiger partial charge in [-0.25, -0.2) is 0 Å². The molecule has 1 aliphatic rings. The van der Waals surface area contributed by atoms with E-state index in [1.54, 1.807) is 18.9 Å². The van der Waals surface area contributed by atoms with Gasteiger partial charge in [-0.3, -0.25) is 9.59 Å². The number of thioether (sulfide) groups is 1. The Morgan fingerprint density at radius 2 is 1.63 bits per heavy atom. The fourth-order valence-electron chi connectivity index (χ4n) is 4.63. The van der Waals surface area contributed by atoms with Crippen molar-refractivity contribution in [2.45, 2.75) is 68.5 Å². The van der Waals surface area contributed by atoms with E-state index in [-0.39, 0.29) is 31.1 Å². The number of carboxylic acids is 1. The molecular formula is C32H37NO7S. The van der Waals surface area contributed by atoms with Gasteiger partial charge in [-0.1, -0.05) is 55.0 Å². The van der Waals surface area contributed by atoms with E-state index in [0.717, 1.165) is 27.3 Å². The van der Waals surface area contributed by atoms with Crippen molar-refractivity contribution in [3.8, 4) is 5.75 Å². The van der Waals surface area contributed by atoms with E-state index < -0.39 is 12.3 Å². The van der Waals surface area contributed by atoms with E-state index >= 15 is 0 Å². The Bertz CT molecular complexity index is 1270. The minimum absolute atomic E-state index is 0.0106. The summed E-state index contributed by atoms with van der Waals surface area (Å²) in [7, 11) is 1.67. The van der Waals surface area contributed by atoms with E-state index in [0.29, 0.717) is 43.5 Å². The lowest BCUT2D eigenvalue weighted by molar-refractivity contribution is -0.245. The highest BCUT2D eigenvalue weighted by atomic mass is 32.2. The molecule has 0 aliphatic carbocycles. The summed E-state index contributed by atoms with van der Waals surface area (Å²) in [5.41, 5.74) is 3.40. The van der Waals surface area contributed by atoms with Crippen LogP contribution in [0.2, 0.25) is 0 Å². The molecule has 1 heterocycles. The average Bonchev–Trinajstić information content (AvgIpc) is 3.00. The van der Waals surface area contributed by atoms with Crippen LogP contribution in [-0.2, 0) is 25.7 Å². The number of amides is 1. The number of rotatable bonds is 14. The number of benzene rings is 3. The number of hydrogen-bond donors (Lipinski definition) is 3. The maximum Gasteiger partial charge on any atom is 0.303 e. The van der Waals surface area contributed by atoms with Crippen molar-refractivity contribution < 1.29 is 34.0 Å². The summed E-state index contributed by atoms with van der Waals surface area (Å²) in [5, 5.41) is 21.1. The summed E-state index contributed by atoms with van der Waals surface area (Å²) in [6.45, 7) is -0.0106. The zero-order chi connectivity index (χ0) is 29.0. The molecule has 1 aliphatic heterocycles. The van der Waals surface area contributed by atoms with Gasteiger partial charge >= 0.3 is 5.97 Å². The second-order valence-electron chi connectivity index (χ2n) is 9.94. The van der Waals surface area contributed by atoms with Crippen LogP contribution in [0.5, 0.6) is 5.75 Å². The second-order valence-corrected chi connectivity index (χ2v) is 11.0. The van der Waals surface area contributed by atoms with Crippen LogP contribution < -0.4 is 10.1 Å². The molecule has 4 rings (SSSR count). The number of nitrogens with one attached hydrogen (secondary N) is 1. The van der Waals surface area contributed by atoms with Gasteiger partial charge in [0.1, 0.15) is 5.75 Å². The van der Waals surface area contributed by atoms with Gasteiger partial charge in [0.15, 0.2) is 6.29 Å². The molecule has 0 bridgehead atoms. The van der Waals surface area contributed by atoms with E-state index in [1.165, 1.54) is 0 Å². The number of unbranched alkanes of at least 4 members (excludes halogenated alkanes) is 2. The molecule has 41 heavy (non-hydrogen) atoms. The smallest absolute Gasteiger partial charge is 0.303 e. The van der Waals surface area contributed by atoms with E-state index in [4.69, 9.17) is 19.3 Å². The predicted octanol–water partition coefficient (Wildman–Crippen LogP) is 6.50. The summed E-state index contributed by atoms with van der Waals surface area (Å²) < 4.78 is 18.4. The largest absolute Gasteiger partial charge is 0.496 e. The molecule has 3 aromatic carbocycles. The molecule has 0 saturated carbocycles. The molecule has 9 heteroatoms. The van der Waals surface area contributed by atoms with Crippen molar-refractivity contribution >= 4 is 29.3 Å². The van der Waals surface area contributed by atoms with Crippen LogP contribution >= 0.6 is 11.8 Å². The first-order valence-electron chi connectivity index (χ1n) is 13.8. The Morgan fingerprint density at radius 3 is 2.34 bits per heavy atom. The number of aliphatic hydroxyl groups is 1. The van der Waals surface area contributed by atoms with Gasteiger partial charge in [0.2, 0.25) is 5.91 Å². The minimum Gasteiger partial charge on any atom is -0.496 e. The third kappa shape index (κ3) is 9.33. The number of aliphatic hydroxyl groups excluding tert-OH is 1. The fourth-order valence-corrected chi connectivity index (χ4v) is 5.68. The third-order valence-electron chi connectivity index (χ3n) is 6.87. The number of para-hydroxylation sites is 1. The molecule has 218 valence electrons. The lowest BCUT2D eigenvalue weighted by Crippen LogP contribution is -2.31. The van der Waals surface area contributed by atoms with Crippen LogP contribution in [0, 0.1) is 0 Å². The van der Waals surface area contributed by atoms with Crippen LogP contribution in [0.25, 0.3) is 0 Å². The van der Waals surface area contributed by atoms with Crippen molar-refractivity contribution in [2.24, 2.45) is 0 Å². The molecule has 1 fully saturated rings. The third-order valence-corrected chi connectivity index (χ3v) is 8.06. The SMILES string of the molecule is COc1ccccc1SC[C@@H]1C[C@H](c2ccc(CO)cc2)O[C@H](c2ccc(NC(=O)CCCCCC(=O)O)cc2)O1. The van der Waals surface area contributed by atoms with Crippen LogP contribution in [-0.4, -0.2) is 41.1 Å². The molecule has 1 amide bonds. The van der Waals surface area contributed by atoms with Crippen LogP contribution in [0.3, 0.4) is 0 Å². The summed E-state index contributed by atoms with van der Waals surface area (Å²) in [4.78, 5) is 24.0. The number of anilines is 1. The molecule has 3 N–H and O–H groups in total. The van der Waals surface area contributed by atoms with Crippen molar-refractivity contribution in [1.29, 1.82) is 0 Å². The number of carbonyl (C=O) groups excluding carboxylic acids is 1. The molecule has 1 saturated heterocycles. The average molecular weight is 580 g/mol. The summed E-state index contributed by atoms with van der Waals surface area (Å²) in [5.74, 6) is 0.632. The molecule has 8 nitrogen and oxygen atoms in total. The van der Waals surface area contributed by atoms with Crippen LogP contribution in [0.1, 0.15) is 67.6 Å². The Labute approximate surface area is 245 Å². The Kier molecular flexibility index (Phi) is 11.6. The van der Waals surface area contributed by atoms with E-state index in [1.807, 2.05) is 72.8 Å². The zero-order valence-corrected chi connectivity index (χ0v) is 24.0. The summed E-state index contributed by atoms with van der Waals surface area (Å²) in [6, 6.07) is 23.2. The molecule has 3 atom stereocenters. The zero-order valence-electron chi connectivity index (χ0n) is 23.2. The lowest BCUT2D eigenvalue weighted by atomic mass is 10.0. The molecular weight excluding hydrogens is 542 g/mol. The summed E-state index contributed by atoms with van der Waals surface area (Å²) >= 11 is 1.68. The van der Waals surface area contributed by atoms with Crippen LogP contribution in [0.15, 0.2) is 77.7 Å². The Hall–Kier alpha value is -3.37. The molecule has 0 unspecified atom stereocenters. The topological polar surface area (TPSA) is 114 Å². The maximum absolute atomic E-state index is 12.3. The number of ether oxygens (including phenoxy) is 3. The Morgan fingerprint density at radius 1 is 0.927 bits per heavy atom. The quantitative estimate of drug-likeness (QED) is 0.147. The van der Waals surface area contributed by atoms with E-state index in [9.17, 15) is 14.7 Å². The predicted molar refractivity (Wildman–Crippen MR) is 158 cm³/mol. The van der Waals surface area contributed by atoms with Gasteiger partial charge < -0.3 is 29.7 Å². The van der Waals surface area contributed by atoms with Gasteiger partial charge in [0.25, 0.3) is 0 Å². The van der Waals surface area contributed by atoms with E-state index in [2.05, 4.69) is 5.32 Å². The first kappa shape index (κ1) is 30.6. The van der Waals surface area contributed by atoms with Crippen molar-refractivity contribution in [3.05, 3.63) is 89.5 Å². The Balaban J connectivity index is 1.40. The normalized spacial score (nSPS) is 18.5. The number of carboxylic acid groups (broad SMARTS) is 1. The highest BCUT2D eigenvalue weighted by molar-refractivity contribution is 7.99. The van der Waals surface area contributed by atoms with Gasteiger partial charge in [0.05, 0.1) is 25.9 Å². The van der Waals surface area contributed by atoms with Gasteiger partial charge in [0, 0.05) is 41.2 Å². The van der Waals surface area contributed by atoms with Gasteiger partial charge in [-0.05, 0) is 48.2 Å². The monoisotopic (exact) mass is 579 g/mol. The second kappa shape index (κ2) is 15.6. The van der Waals surface area contributed by atoms with Crippen molar-refractivity contribution in [1.82, 2.24) is 0 Å². The number of aliphatic carboxylic acids is 1. The number of carbonyl (C=O) groups is 2. The van der Waals surface area contributed by atoms with Gasteiger partial charge in [-0.2, -0.15) is 0 Å². The van der Waals surface area contributed by atoms with Crippen molar-refractivity contribution in [3.63, 3.8) is 0 Å². The maximum atomic E-state index is 12.3. The highest BCUT2D eigenvalue weighted by Crippen LogP contribution is 2.40. The lowest BCUT2D eigenvalue weighted by Gasteiger charge is -2.36. The summed E-state index contributed by atoms with van der Waals surface area (Å²) in [6.07, 6.45) is 2.21. The number of hydrogen-bond acceptors (Lipinski definition) is 7. The minimum atomic E-state index is -0.812.